The minimum atomic E-state index is -0.259. The molecular weight excluding hydrogens is 361 g/mol. The molecule has 4 nitrogen and oxygen atoms in total. The summed E-state index contributed by atoms with van der Waals surface area (Å²) in [6, 6.07) is 5.30. The summed E-state index contributed by atoms with van der Waals surface area (Å²) in [4.78, 5) is 20.2. The van der Waals surface area contributed by atoms with Gasteiger partial charge < -0.3 is 10.2 Å². The lowest BCUT2D eigenvalue weighted by Crippen LogP contribution is -2.39. The molecule has 0 bridgehead atoms. The maximum absolute atomic E-state index is 13.3. The number of thiazole rings is 1. The number of hydrogen-bond donors (Lipinski definition) is 1. The van der Waals surface area contributed by atoms with Gasteiger partial charge in [-0.05, 0) is 70.3 Å². The number of aryl methyl sites for hydroxylation is 2. The summed E-state index contributed by atoms with van der Waals surface area (Å²) in [6.45, 7) is 8.87. The average Bonchev–Trinajstić information content (AvgIpc) is 3.01. The van der Waals surface area contributed by atoms with Gasteiger partial charge in [0, 0.05) is 24.7 Å². The van der Waals surface area contributed by atoms with Gasteiger partial charge in [0.2, 0.25) is 0 Å². The fourth-order valence-electron chi connectivity index (χ4n) is 3.64. The number of hydrogen-bond acceptors (Lipinski definition) is 4. The van der Waals surface area contributed by atoms with Crippen molar-refractivity contribution in [1.82, 2.24) is 15.2 Å². The molecule has 2 aromatic rings. The highest BCUT2D eigenvalue weighted by atomic mass is 32.1. The van der Waals surface area contributed by atoms with Gasteiger partial charge >= 0.3 is 0 Å². The standard InChI is InChI=1S/C21H28FN3OS/c1-14-13-17(22)8-9-18(14)21-24-16(3)19(27-21)20(26)23-10-6-12-25-11-5-4-7-15(25)2/h8-9,13,15H,4-7,10-12H2,1-3H3,(H,23,26)/t15-/m1/s1. The molecule has 0 spiro atoms. The molecule has 1 atom stereocenters. The molecule has 1 aliphatic rings. The summed E-state index contributed by atoms with van der Waals surface area (Å²) in [5, 5.41) is 3.79. The topological polar surface area (TPSA) is 45.2 Å². The number of piperidine rings is 1. The van der Waals surface area contributed by atoms with Crippen LogP contribution in [0.2, 0.25) is 0 Å². The monoisotopic (exact) mass is 389 g/mol. The van der Waals surface area contributed by atoms with E-state index in [0.29, 0.717) is 17.5 Å². The van der Waals surface area contributed by atoms with Crippen molar-refractivity contribution in [3.8, 4) is 10.6 Å². The van der Waals surface area contributed by atoms with Gasteiger partial charge in [-0.2, -0.15) is 0 Å². The van der Waals surface area contributed by atoms with Crippen molar-refractivity contribution in [2.45, 2.75) is 52.5 Å². The first-order valence-corrected chi connectivity index (χ1v) is 10.5. The predicted molar refractivity (Wildman–Crippen MR) is 109 cm³/mol. The Morgan fingerprint density at radius 3 is 2.93 bits per heavy atom. The highest BCUT2D eigenvalue weighted by Crippen LogP contribution is 2.30. The first kappa shape index (κ1) is 20.0. The van der Waals surface area contributed by atoms with Crippen molar-refractivity contribution in [3.05, 3.63) is 40.2 Å². The van der Waals surface area contributed by atoms with Gasteiger partial charge in [-0.3, -0.25) is 4.79 Å². The van der Waals surface area contributed by atoms with Crippen LogP contribution in [0.15, 0.2) is 18.2 Å². The van der Waals surface area contributed by atoms with Crippen molar-refractivity contribution >= 4 is 17.2 Å². The van der Waals surface area contributed by atoms with E-state index in [1.807, 2.05) is 13.8 Å². The second-order valence-corrected chi connectivity index (χ2v) is 8.38. The Morgan fingerprint density at radius 2 is 2.19 bits per heavy atom. The lowest BCUT2D eigenvalue weighted by Gasteiger charge is -2.33. The summed E-state index contributed by atoms with van der Waals surface area (Å²) in [6.07, 6.45) is 4.84. The molecule has 0 aliphatic carbocycles. The summed E-state index contributed by atoms with van der Waals surface area (Å²) in [7, 11) is 0. The predicted octanol–water partition coefficient (Wildman–Crippen LogP) is 4.56. The van der Waals surface area contributed by atoms with Crippen LogP contribution in [-0.4, -0.2) is 41.5 Å². The molecule has 27 heavy (non-hydrogen) atoms. The van der Waals surface area contributed by atoms with Crippen LogP contribution in [0.1, 0.15) is 53.5 Å². The van der Waals surface area contributed by atoms with Crippen LogP contribution in [0.25, 0.3) is 10.6 Å². The van der Waals surface area contributed by atoms with Gasteiger partial charge in [0.25, 0.3) is 5.91 Å². The van der Waals surface area contributed by atoms with Gasteiger partial charge in [-0.1, -0.05) is 6.42 Å². The highest BCUT2D eigenvalue weighted by Gasteiger charge is 2.19. The number of halogens is 1. The van der Waals surface area contributed by atoms with Crippen LogP contribution in [0.4, 0.5) is 4.39 Å². The van der Waals surface area contributed by atoms with E-state index in [0.717, 1.165) is 34.8 Å². The van der Waals surface area contributed by atoms with Crippen LogP contribution >= 0.6 is 11.3 Å². The van der Waals surface area contributed by atoms with E-state index in [1.54, 1.807) is 6.07 Å². The summed E-state index contributed by atoms with van der Waals surface area (Å²) in [5.74, 6) is -0.326. The third-order valence-corrected chi connectivity index (χ3v) is 6.46. The molecule has 2 heterocycles. The molecule has 1 aliphatic heterocycles. The van der Waals surface area contributed by atoms with E-state index < -0.39 is 0 Å². The second kappa shape index (κ2) is 8.93. The average molecular weight is 390 g/mol. The molecule has 0 radical (unpaired) electrons. The zero-order chi connectivity index (χ0) is 19.4. The second-order valence-electron chi connectivity index (χ2n) is 7.38. The van der Waals surface area contributed by atoms with Gasteiger partial charge in [-0.15, -0.1) is 11.3 Å². The smallest absolute Gasteiger partial charge is 0.263 e. The third kappa shape index (κ3) is 4.93. The van der Waals surface area contributed by atoms with E-state index in [9.17, 15) is 9.18 Å². The summed E-state index contributed by atoms with van der Waals surface area (Å²) < 4.78 is 13.3. The van der Waals surface area contributed by atoms with Crippen molar-refractivity contribution in [1.29, 1.82) is 0 Å². The molecule has 1 fully saturated rings. The third-order valence-electron chi connectivity index (χ3n) is 5.27. The minimum absolute atomic E-state index is 0.0669. The number of aromatic nitrogens is 1. The molecule has 146 valence electrons. The Bertz CT molecular complexity index is 805. The Labute approximate surface area is 164 Å². The summed E-state index contributed by atoms with van der Waals surface area (Å²) in [5.41, 5.74) is 2.43. The van der Waals surface area contributed by atoms with E-state index in [1.165, 1.54) is 49.3 Å². The first-order chi connectivity index (χ1) is 13.0. The lowest BCUT2D eigenvalue weighted by atomic mass is 10.0. The Hall–Kier alpha value is -1.79. The fourth-order valence-corrected chi connectivity index (χ4v) is 4.72. The largest absolute Gasteiger partial charge is 0.351 e. The molecule has 0 unspecified atom stereocenters. The lowest BCUT2D eigenvalue weighted by molar-refractivity contribution is 0.0952. The van der Waals surface area contributed by atoms with Gasteiger partial charge in [-0.25, -0.2) is 9.37 Å². The zero-order valence-electron chi connectivity index (χ0n) is 16.3. The molecular formula is C21H28FN3OS. The summed E-state index contributed by atoms with van der Waals surface area (Å²) >= 11 is 1.37. The molecule has 1 amide bonds. The van der Waals surface area contributed by atoms with E-state index in [-0.39, 0.29) is 11.7 Å². The normalized spacial score (nSPS) is 17.9. The molecule has 6 heteroatoms. The van der Waals surface area contributed by atoms with Crippen LogP contribution < -0.4 is 5.32 Å². The molecule has 1 N–H and O–H groups in total. The molecule has 1 aromatic carbocycles. The van der Waals surface area contributed by atoms with E-state index >= 15 is 0 Å². The van der Waals surface area contributed by atoms with Crippen molar-refractivity contribution in [2.75, 3.05) is 19.6 Å². The van der Waals surface area contributed by atoms with Crippen molar-refractivity contribution in [2.24, 2.45) is 0 Å². The number of nitrogens with zero attached hydrogens (tertiary/aromatic N) is 2. The zero-order valence-corrected chi connectivity index (χ0v) is 17.2. The quantitative estimate of drug-likeness (QED) is 0.737. The maximum Gasteiger partial charge on any atom is 0.263 e. The number of amides is 1. The number of rotatable bonds is 6. The number of nitrogens with one attached hydrogen (secondary N) is 1. The number of likely N-dealkylation sites (tertiary alicyclic amines) is 1. The Morgan fingerprint density at radius 1 is 1.37 bits per heavy atom. The van der Waals surface area contributed by atoms with Crippen LogP contribution in [0.5, 0.6) is 0 Å². The first-order valence-electron chi connectivity index (χ1n) is 9.72. The minimum Gasteiger partial charge on any atom is -0.351 e. The van der Waals surface area contributed by atoms with Gasteiger partial charge in [0.15, 0.2) is 0 Å². The van der Waals surface area contributed by atoms with Gasteiger partial charge in [0.05, 0.1) is 5.69 Å². The van der Waals surface area contributed by atoms with Crippen LogP contribution in [0, 0.1) is 19.7 Å². The fraction of sp³-hybridized carbons (Fsp3) is 0.524. The molecule has 0 saturated carbocycles. The maximum atomic E-state index is 13.3. The van der Waals surface area contributed by atoms with E-state index in [2.05, 4.69) is 22.1 Å². The molecule has 1 aromatic heterocycles. The molecule has 3 rings (SSSR count). The molecule has 1 saturated heterocycles. The Balaban J connectivity index is 1.56. The number of carbonyl (C=O) groups excluding carboxylic acids is 1. The Kier molecular flexibility index (Phi) is 6.60. The van der Waals surface area contributed by atoms with Crippen LogP contribution in [-0.2, 0) is 0 Å². The SMILES string of the molecule is Cc1cc(F)ccc1-c1nc(C)c(C(=O)NCCCN2CCCC[C@H]2C)s1. The number of benzene rings is 1. The van der Waals surface area contributed by atoms with Crippen LogP contribution in [0.3, 0.4) is 0 Å². The van der Waals surface area contributed by atoms with Crippen molar-refractivity contribution in [3.63, 3.8) is 0 Å². The van der Waals surface area contributed by atoms with E-state index in [4.69, 9.17) is 0 Å². The van der Waals surface area contributed by atoms with Crippen molar-refractivity contribution < 1.29 is 9.18 Å². The number of carbonyl (C=O) groups is 1. The highest BCUT2D eigenvalue weighted by molar-refractivity contribution is 7.17. The van der Waals surface area contributed by atoms with Gasteiger partial charge in [0.1, 0.15) is 15.7 Å².